The lowest BCUT2D eigenvalue weighted by Crippen LogP contribution is -2.38. The van der Waals surface area contributed by atoms with Crippen molar-refractivity contribution in [2.75, 3.05) is 13.1 Å². The minimum absolute atomic E-state index is 0.0940. The summed E-state index contributed by atoms with van der Waals surface area (Å²) >= 11 is 0. The molecule has 3 heterocycles. The van der Waals surface area contributed by atoms with Crippen molar-refractivity contribution in [3.8, 4) is 11.3 Å². The molecule has 1 fully saturated rings. The number of hydrogen-bond donors (Lipinski definition) is 0. The van der Waals surface area contributed by atoms with Crippen LogP contribution in [0.5, 0.6) is 0 Å². The van der Waals surface area contributed by atoms with E-state index in [1.807, 2.05) is 45.8 Å². The van der Waals surface area contributed by atoms with E-state index in [0.29, 0.717) is 11.5 Å². The smallest absolute Gasteiger partial charge is 0.257 e. The standard InChI is InChI=1S/C22H26N4O/c1-3-7-20-18(22(27)25-12-10-16(2)11-13-25)15-23-21-14-19(24-26(20)21)17-8-5-4-6-9-17/h4-6,8-9,14-16H,3,7,10-13H2,1-2H3. The molecule has 0 atom stereocenters. The Hall–Kier alpha value is -2.69. The van der Waals surface area contributed by atoms with Crippen LogP contribution in [-0.4, -0.2) is 38.5 Å². The van der Waals surface area contributed by atoms with E-state index >= 15 is 0 Å². The van der Waals surface area contributed by atoms with Gasteiger partial charge >= 0.3 is 0 Å². The Kier molecular flexibility index (Phi) is 4.92. The molecule has 5 nitrogen and oxygen atoms in total. The highest BCUT2D eigenvalue weighted by atomic mass is 16.2. The third-order valence-electron chi connectivity index (χ3n) is 5.44. The van der Waals surface area contributed by atoms with Gasteiger partial charge < -0.3 is 4.90 Å². The van der Waals surface area contributed by atoms with Crippen LogP contribution < -0.4 is 0 Å². The number of piperidine rings is 1. The van der Waals surface area contributed by atoms with E-state index in [2.05, 4.69) is 18.8 Å². The normalized spacial score (nSPS) is 15.4. The van der Waals surface area contributed by atoms with Gasteiger partial charge in [0.1, 0.15) is 0 Å². The van der Waals surface area contributed by atoms with Crippen molar-refractivity contribution < 1.29 is 4.79 Å². The van der Waals surface area contributed by atoms with Crippen LogP contribution in [0.3, 0.4) is 0 Å². The minimum atomic E-state index is 0.0940. The molecule has 0 bridgehead atoms. The van der Waals surface area contributed by atoms with Crippen molar-refractivity contribution >= 4 is 11.6 Å². The van der Waals surface area contributed by atoms with Gasteiger partial charge in [-0.05, 0) is 25.2 Å². The Morgan fingerprint density at radius 1 is 1.19 bits per heavy atom. The first-order valence-corrected chi connectivity index (χ1v) is 9.89. The van der Waals surface area contributed by atoms with Gasteiger partial charge in [-0.15, -0.1) is 0 Å². The number of nitrogens with zero attached hydrogens (tertiary/aromatic N) is 4. The van der Waals surface area contributed by atoms with Crippen LogP contribution in [0.2, 0.25) is 0 Å². The predicted octanol–water partition coefficient (Wildman–Crippen LogP) is 4.22. The second-order valence-electron chi connectivity index (χ2n) is 7.51. The van der Waals surface area contributed by atoms with Gasteiger partial charge in [-0.1, -0.05) is 50.6 Å². The van der Waals surface area contributed by atoms with Gasteiger partial charge in [0.15, 0.2) is 5.65 Å². The molecule has 140 valence electrons. The number of carbonyl (C=O) groups excluding carboxylic acids is 1. The summed E-state index contributed by atoms with van der Waals surface area (Å²) in [5, 5.41) is 4.79. The first kappa shape index (κ1) is 17.7. The van der Waals surface area contributed by atoms with Crippen LogP contribution >= 0.6 is 0 Å². The molecule has 5 heteroatoms. The number of amides is 1. The molecule has 0 N–H and O–H groups in total. The van der Waals surface area contributed by atoms with Gasteiger partial charge in [-0.3, -0.25) is 4.79 Å². The van der Waals surface area contributed by atoms with Gasteiger partial charge in [0.2, 0.25) is 0 Å². The van der Waals surface area contributed by atoms with E-state index < -0.39 is 0 Å². The molecule has 0 aliphatic carbocycles. The topological polar surface area (TPSA) is 50.5 Å². The van der Waals surface area contributed by atoms with Crippen molar-refractivity contribution in [2.45, 2.75) is 39.5 Å². The maximum atomic E-state index is 13.2. The van der Waals surface area contributed by atoms with Crippen LogP contribution in [0, 0.1) is 5.92 Å². The fourth-order valence-corrected chi connectivity index (χ4v) is 3.77. The average molecular weight is 362 g/mol. The summed E-state index contributed by atoms with van der Waals surface area (Å²) in [6.45, 7) is 6.05. The highest BCUT2D eigenvalue weighted by molar-refractivity contribution is 5.95. The molecule has 1 saturated heterocycles. The van der Waals surface area contributed by atoms with Crippen LogP contribution in [0.15, 0.2) is 42.6 Å². The third-order valence-corrected chi connectivity index (χ3v) is 5.44. The van der Waals surface area contributed by atoms with Crippen LogP contribution in [0.25, 0.3) is 16.9 Å². The lowest BCUT2D eigenvalue weighted by atomic mass is 9.98. The molecule has 2 aromatic heterocycles. The highest BCUT2D eigenvalue weighted by Gasteiger charge is 2.25. The molecule has 3 aromatic rings. The molecule has 1 aliphatic heterocycles. The Balaban J connectivity index is 1.74. The molecule has 0 radical (unpaired) electrons. The number of benzene rings is 1. The molecular formula is C22H26N4O. The van der Waals surface area contributed by atoms with E-state index in [1.165, 1.54) is 0 Å². The summed E-state index contributed by atoms with van der Waals surface area (Å²) in [4.78, 5) is 19.7. The fraction of sp³-hybridized carbons (Fsp3) is 0.409. The number of carbonyl (C=O) groups is 1. The summed E-state index contributed by atoms with van der Waals surface area (Å²) < 4.78 is 1.87. The van der Waals surface area contributed by atoms with Gasteiger partial charge in [-0.25, -0.2) is 9.50 Å². The van der Waals surface area contributed by atoms with E-state index in [-0.39, 0.29) is 5.91 Å². The number of fused-ring (bicyclic) bond motifs is 1. The fourth-order valence-electron chi connectivity index (χ4n) is 3.77. The Labute approximate surface area is 160 Å². The van der Waals surface area contributed by atoms with Crippen molar-refractivity contribution in [1.29, 1.82) is 0 Å². The predicted molar refractivity (Wildman–Crippen MR) is 107 cm³/mol. The second kappa shape index (κ2) is 7.51. The monoisotopic (exact) mass is 362 g/mol. The largest absolute Gasteiger partial charge is 0.339 e. The van der Waals surface area contributed by atoms with Gasteiger partial charge in [0, 0.05) is 30.9 Å². The van der Waals surface area contributed by atoms with Crippen molar-refractivity contribution in [3.63, 3.8) is 0 Å². The first-order valence-electron chi connectivity index (χ1n) is 9.89. The van der Waals surface area contributed by atoms with Gasteiger partial charge in [0.25, 0.3) is 5.91 Å². The summed E-state index contributed by atoms with van der Waals surface area (Å²) in [6, 6.07) is 12.1. The van der Waals surface area contributed by atoms with E-state index in [4.69, 9.17) is 5.10 Å². The van der Waals surface area contributed by atoms with E-state index in [0.717, 1.165) is 61.4 Å². The number of rotatable bonds is 4. The molecule has 1 aliphatic rings. The lowest BCUT2D eigenvalue weighted by Gasteiger charge is -2.30. The van der Waals surface area contributed by atoms with E-state index in [1.54, 1.807) is 6.20 Å². The van der Waals surface area contributed by atoms with E-state index in [9.17, 15) is 4.79 Å². The molecular weight excluding hydrogens is 336 g/mol. The summed E-state index contributed by atoms with van der Waals surface area (Å²) in [5.41, 5.74) is 4.40. The highest BCUT2D eigenvalue weighted by Crippen LogP contribution is 2.23. The van der Waals surface area contributed by atoms with Crippen LogP contribution in [0.1, 0.15) is 49.2 Å². The van der Waals surface area contributed by atoms with Crippen molar-refractivity contribution in [2.24, 2.45) is 5.92 Å². The Morgan fingerprint density at radius 3 is 2.63 bits per heavy atom. The molecule has 1 aromatic carbocycles. The Morgan fingerprint density at radius 2 is 1.93 bits per heavy atom. The van der Waals surface area contributed by atoms with Crippen molar-refractivity contribution in [1.82, 2.24) is 19.5 Å². The minimum Gasteiger partial charge on any atom is -0.339 e. The number of hydrogen-bond acceptors (Lipinski definition) is 3. The van der Waals surface area contributed by atoms with Crippen molar-refractivity contribution in [3.05, 3.63) is 53.9 Å². The second-order valence-corrected chi connectivity index (χ2v) is 7.51. The van der Waals surface area contributed by atoms with Gasteiger partial charge in [-0.2, -0.15) is 5.10 Å². The zero-order valence-corrected chi connectivity index (χ0v) is 16.1. The molecule has 1 amide bonds. The maximum Gasteiger partial charge on any atom is 0.257 e. The molecule has 0 unspecified atom stereocenters. The number of aryl methyl sites for hydroxylation is 1. The number of likely N-dealkylation sites (tertiary alicyclic amines) is 1. The molecule has 0 saturated carbocycles. The summed E-state index contributed by atoms with van der Waals surface area (Å²) in [6.07, 6.45) is 5.66. The number of aromatic nitrogens is 3. The van der Waals surface area contributed by atoms with Gasteiger partial charge in [0.05, 0.1) is 17.0 Å². The summed E-state index contributed by atoms with van der Waals surface area (Å²) in [5.74, 6) is 0.792. The summed E-state index contributed by atoms with van der Waals surface area (Å²) in [7, 11) is 0. The van der Waals surface area contributed by atoms with Crippen LogP contribution in [-0.2, 0) is 6.42 Å². The Bertz CT molecular complexity index is 940. The molecule has 0 spiro atoms. The SMILES string of the molecule is CCCc1c(C(=O)N2CCC(C)CC2)cnc2cc(-c3ccccc3)nn12. The first-order chi connectivity index (χ1) is 13.2. The maximum absolute atomic E-state index is 13.2. The molecule has 27 heavy (non-hydrogen) atoms. The average Bonchev–Trinajstić information content (AvgIpc) is 3.14. The quantitative estimate of drug-likeness (QED) is 0.698. The molecule has 4 rings (SSSR count). The lowest BCUT2D eigenvalue weighted by molar-refractivity contribution is 0.0695. The zero-order chi connectivity index (χ0) is 18.8. The van der Waals surface area contributed by atoms with Crippen LogP contribution in [0.4, 0.5) is 0 Å². The zero-order valence-electron chi connectivity index (χ0n) is 16.1. The third kappa shape index (κ3) is 3.46.